The van der Waals surface area contributed by atoms with Crippen LogP contribution in [-0.4, -0.2) is 10.8 Å². The third kappa shape index (κ3) is 4.71. The van der Waals surface area contributed by atoms with Crippen molar-refractivity contribution >= 4 is 60.9 Å². The predicted molar refractivity (Wildman–Crippen MR) is 183 cm³/mol. The van der Waals surface area contributed by atoms with E-state index in [4.69, 9.17) is 5.10 Å². The van der Waals surface area contributed by atoms with Crippen molar-refractivity contribution in [3.8, 4) is 0 Å². The predicted octanol–water partition coefficient (Wildman–Crippen LogP) is 10.3. The van der Waals surface area contributed by atoms with Gasteiger partial charge < -0.3 is 4.57 Å². The van der Waals surface area contributed by atoms with Crippen LogP contribution in [-0.2, 0) is 6.54 Å². The van der Waals surface area contributed by atoms with Crippen molar-refractivity contribution in [2.75, 3.05) is 5.01 Å². The van der Waals surface area contributed by atoms with Gasteiger partial charge in [-0.1, -0.05) is 115 Å². The van der Waals surface area contributed by atoms with Gasteiger partial charge in [-0.15, -0.1) is 0 Å². The first-order valence-corrected chi connectivity index (χ1v) is 14.7. The SMILES string of the molecule is C(=N/N(c1ccc2ccccc2c1)c1ccc2ccccc2c1)/c1ccc2c(c1)c1ccccc1n2Cc1ccccc1. The maximum absolute atomic E-state index is 5.11. The van der Waals surface area contributed by atoms with Gasteiger partial charge in [-0.2, -0.15) is 5.10 Å². The Morgan fingerprint density at radius 3 is 1.77 bits per heavy atom. The molecule has 0 unspecified atom stereocenters. The molecule has 0 saturated heterocycles. The fourth-order valence-electron chi connectivity index (χ4n) is 6.11. The zero-order chi connectivity index (χ0) is 28.6. The fourth-order valence-corrected chi connectivity index (χ4v) is 6.11. The summed E-state index contributed by atoms with van der Waals surface area (Å²) in [5.74, 6) is 0. The van der Waals surface area contributed by atoms with Gasteiger partial charge in [0.1, 0.15) is 0 Å². The molecule has 0 aliphatic carbocycles. The van der Waals surface area contributed by atoms with Gasteiger partial charge in [-0.25, -0.2) is 5.01 Å². The standard InChI is InChI=1S/C40H29N3/c1-2-10-29(11-3-1)28-42-39-17-9-8-16-37(39)38-24-30(18-23-40(38)42)27-41-43(35-21-19-31-12-4-6-14-33(31)25-35)36-22-20-32-13-5-7-15-34(32)26-36/h1-27H,28H2/b41-27-. The van der Waals surface area contributed by atoms with Gasteiger partial charge in [0.05, 0.1) is 17.6 Å². The molecule has 8 rings (SSSR count). The van der Waals surface area contributed by atoms with E-state index in [1.807, 2.05) is 11.2 Å². The average Bonchev–Trinajstić information content (AvgIpc) is 3.37. The number of aromatic nitrogens is 1. The zero-order valence-corrected chi connectivity index (χ0v) is 23.6. The number of hydrazone groups is 1. The van der Waals surface area contributed by atoms with Gasteiger partial charge in [0.2, 0.25) is 0 Å². The molecule has 8 aromatic rings. The molecule has 0 spiro atoms. The van der Waals surface area contributed by atoms with Crippen LogP contribution in [0.15, 0.2) is 163 Å². The molecule has 1 aromatic heterocycles. The molecule has 0 amide bonds. The number of rotatable bonds is 6. The van der Waals surface area contributed by atoms with Crippen LogP contribution in [0.1, 0.15) is 11.1 Å². The van der Waals surface area contributed by atoms with Gasteiger partial charge in [-0.3, -0.25) is 0 Å². The molecule has 0 bridgehead atoms. The molecule has 1 heterocycles. The Kier molecular flexibility index (Phi) is 6.20. The van der Waals surface area contributed by atoms with Crippen molar-refractivity contribution in [3.05, 3.63) is 169 Å². The highest BCUT2D eigenvalue weighted by atomic mass is 15.5. The smallest absolute Gasteiger partial charge is 0.0659 e. The number of hydrogen-bond donors (Lipinski definition) is 0. The monoisotopic (exact) mass is 551 g/mol. The Hall–Kier alpha value is -5.67. The number of hydrogen-bond acceptors (Lipinski definition) is 2. The highest BCUT2D eigenvalue weighted by Gasteiger charge is 2.13. The number of benzene rings is 7. The molecule has 43 heavy (non-hydrogen) atoms. The molecular weight excluding hydrogens is 522 g/mol. The third-order valence-corrected chi connectivity index (χ3v) is 8.26. The maximum atomic E-state index is 5.11. The van der Waals surface area contributed by atoms with E-state index in [9.17, 15) is 0 Å². The summed E-state index contributed by atoms with van der Waals surface area (Å²) in [6.45, 7) is 0.829. The van der Waals surface area contributed by atoms with Crippen LogP contribution < -0.4 is 5.01 Å². The number of para-hydroxylation sites is 1. The lowest BCUT2D eigenvalue weighted by Gasteiger charge is -2.20. The lowest BCUT2D eigenvalue weighted by molar-refractivity contribution is 0.869. The summed E-state index contributed by atoms with van der Waals surface area (Å²) in [6.07, 6.45) is 1.98. The Morgan fingerprint density at radius 2 is 1.07 bits per heavy atom. The summed E-state index contributed by atoms with van der Waals surface area (Å²) in [6, 6.07) is 56.0. The summed E-state index contributed by atoms with van der Waals surface area (Å²) in [4.78, 5) is 0. The highest BCUT2D eigenvalue weighted by Crippen LogP contribution is 2.33. The van der Waals surface area contributed by atoms with E-state index in [2.05, 4.69) is 162 Å². The van der Waals surface area contributed by atoms with Crippen molar-refractivity contribution in [2.45, 2.75) is 6.54 Å². The van der Waals surface area contributed by atoms with Gasteiger partial charge in [0, 0.05) is 28.4 Å². The van der Waals surface area contributed by atoms with Crippen LogP contribution in [0.3, 0.4) is 0 Å². The van der Waals surface area contributed by atoms with E-state index < -0.39 is 0 Å². The summed E-state index contributed by atoms with van der Waals surface area (Å²) >= 11 is 0. The van der Waals surface area contributed by atoms with Gasteiger partial charge in [0.15, 0.2) is 0 Å². The normalized spacial score (nSPS) is 11.7. The second-order valence-corrected chi connectivity index (χ2v) is 11.0. The van der Waals surface area contributed by atoms with Crippen molar-refractivity contribution in [1.29, 1.82) is 0 Å². The molecule has 0 fully saturated rings. The molecule has 0 N–H and O–H groups in total. The Labute approximate surface area is 250 Å². The Morgan fingerprint density at radius 1 is 0.488 bits per heavy atom. The van der Waals surface area contributed by atoms with Crippen molar-refractivity contribution in [3.63, 3.8) is 0 Å². The van der Waals surface area contributed by atoms with E-state index in [-0.39, 0.29) is 0 Å². The van der Waals surface area contributed by atoms with Crippen LogP contribution >= 0.6 is 0 Å². The molecule has 0 radical (unpaired) electrons. The largest absolute Gasteiger partial charge is 0.336 e. The quantitative estimate of drug-likeness (QED) is 0.149. The Bertz CT molecular complexity index is 2200. The molecule has 0 saturated carbocycles. The topological polar surface area (TPSA) is 20.5 Å². The molecule has 3 heteroatoms. The van der Waals surface area contributed by atoms with E-state index in [1.54, 1.807) is 0 Å². The zero-order valence-electron chi connectivity index (χ0n) is 23.6. The molecule has 0 aliphatic rings. The lowest BCUT2D eigenvalue weighted by atomic mass is 10.1. The second kappa shape index (κ2) is 10.6. The molecule has 7 aromatic carbocycles. The number of anilines is 2. The molecule has 0 aliphatic heterocycles. The minimum absolute atomic E-state index is 0.829. The lowest BCUT2D eigenvalue weighted by Crippen LogP contribution is -2.09. The minimum Gasteiger partial charge on any atom is -0.336 e. The van der Waals surface area contributed by atoms with Crippen LogP contribution in [0.2, 0.25) is 0 Å². The first-order valence-electron chi connectivity index (χ1n) is 14.7. The van der Waals surface area contributed by atoms with Crippen LogP contribution in [0, 0.1) is 0 Å². The van der Waals surface area contributed by atoms with E-state index in [0.717, 1.165) is 23.5 Å². The summed E-state index contributed by atoms with van der Waals surface area (Å²) in [7, 11) is 0. The number of nitrogens with zero attached hydrogens (tertiary/aromatic N) is 3. The average molecular weight is 552 g/mol. The summed E-state index contributed by atoms with van der Waals surface area (Å²) in [5, 5.41) is 14.4. The summed E-state index contributed by atoms with van der Waals surface area (Å²) < 4.78 is 2.41. The molecule has 3 nitrogen and oxygen atoms in total. The third-order valence-electron chi connectivity index (χ3n) is 8.26. The van der Waals surface area contributed by atoms with E-state index >= 15 is 0 Å². The van der Waals surface area contributed by atoms with Crippen molar-refractivity contribution in [1.82, 2.24) is 4.57 Å². The first-order chi connectivity index (χ1) is 21.3. The number of fused-ring (bicyclic) bond motifs is 5. The molecule has 0 atom stereocenters. The van der Waals surface area contributed by atoms with Crippen molar-refractivity contribution < 1.29 is 0 Å². The molecular formula is C40H29N3. The van der Waals surface area contributed by atoms with Gasteiger partial charge in [0.25, 0.3) is 0 Å². The van der Waals surface area contributed by atoms with E-state index in [0.29, 0.717) is 0 Å². The minimum atomic E-state index is 0.829. The van der Waals surface area contributed by atoms with Crippen LogP contribution in [0.4, 0.5) is 11.4 Å². The Balaban J connectivity index is 1.23. The first kappa shape index (κ1) is 25.1. The van der Waals surface area contributed by atoms with Crippen LogP contribution in [0.5, 0.6) is 0 Å². The second-order valence-electron chi connectivity index (χ2n) is 11.0. The van der Waals surface area contributed by atoms with Gasteiger partial charge >= 0.3 is 0 Å². The molecule has 204 valence electrons. The highest BCUT2D eigenvalue weighted by molar-refractivity contribution is 6.09. The van der Waals surface area contributed by atoms with Gasteiger partial charge in [-0.05, 0) is 75.1 Å². The summed E-state index contributed by atoms with van der Waals surface area (Å²) in [5.41, 5.74) is 6.85. The fraction of sp³-hybridized carbons (Fsp3) is 0.0250. The maximum Gasteiger partial charge on any atom is 0.0659 e. The van der Waals surface area contributed by atoms with Crippen LogP contribution in [0.25, 0.3) is 43.4 Å². The van der Waals surface area contributed by atoms with E-state index in [1.165, 1.54) is 48.9 Å². The van der Waals surface area contributed by atoms with Crippen molar-refractivity contribution in [2.24, 2.45) is 5.10 Å².